The van der Waals surface area contributed by atoms with Gasteiger partial charge in [-0.25, -0.2) is 14.4 Å². The third-order valence-corrected chi connectivity index (χ3v) is 7.71. The van der Waals surface area contributed by atoms with Gasteiger partial charge in [0.05, 0.1) is 13.2 Å². The van der Waals surface area contributed by atoms with Crippen molar-refractivity contribution in [3.8, 4) is 0 Å². The lowest BCUT2D eigenvalue weighted by Crippen LogP contribution is -2.54. The minimum atomic E-state index is -1.04. The number of hydrogen-bond acceptors (Lipinski definition) is 10. The third kappa shape index (κ3) is 14.8. The average molecular weight is 628 g/mol. The molecule has 0 radical (unpaired) electrons. The summed E-state index contributed by atoms with van der Waals surface area (Å²) in [5.74, 6) is -1.82. The van der Waals surface area contributed by atoms with Crippen molar-refractivity contribution in [1.82, 2.24) is 16.0 Å². The first-order valence-electron chi connectivity index (χ1n) is 13.8. The standard InChI is InChI=1S/C29H45N3O8S2/c1-9-38-24(34)21(17-41-42-18-22(25(35)39-10-2)31-26(36)28(3,4)5)30-23(33)20(16-19-14-12-11-13-15-19)32-27(37)40-29(6,7)8/h11-15,20-22H,9-10,16-18H2,1-8H3,(H,30,33)(H,31,36)(H,32,37)/t20-,21+,22+/m1/s1. The number of amides is 3. The Morgan fingerprint density at radius 1 is 0.738 bits per heavy atom. The van der Waals surface area contributed by atoms with Gasteiger partial charge in [-0.1, -0.05) is 72.7 Å². The summed E-state index contributed by atoms with van der Waals surface area (Å²) in [6.07, 6.45) is -0.601. The van der Waals surface area contributed by atoms with Crippen LogP contribution in [0, 0.1) is 5.41 Å². The van der Waals surface area contributed by atoms with Crippen LogP contribution in [0.4, 0.5) is 4.79 Å². The Balaban J connectivity index is 2.97. The van der Waals surface area contributed by atoms with Gasteiger partial charge in [0.2, 0.25) is 11.8 Å². The van der Waals surface area contributed by atoms with Crippen LogP contribution in [0.1, 0.15) is 61.0 Å². The minimum Gasteiger partial charge on any atom is -0.464 e. The monoisotopic (exact) mass is 627 g/mol. The summed E-state index contributed by atoms with van der Waals surface area (Å²) in [4.78, 5) is 63.5. The van der Waals surface area contributed by atoms with E-state index in [2.05, 4.69) is 16.0 Å². The van der Waals surface area contributed by atoms with E-state index in [1.165, 1.54) is 21.6 Å². The second-order valence-corrected chi connectivity index (χ2v) is 13.9. The second kappa shape index (κ2) is 17.9. The highest BCUT2D eigenvalue weighted by Gasteiger charge is 2.31. The van der Waals surface area contributed by atoms with Gasteiger partial charge in [0, 0.05) is 23.3 Å². The summed E-state index contributed by atoms with van der Waals surface area (Å²) in [6.45, 7) is 14.0. The molecule has 1 rings (SSSR count). The molecule has 0 heterocycles. The number of hydrogen-bond donors (Lipinski definition) is 3. The Hall–Kier alpha value is -2.93. The Kier molecular flexibility index (Phi) is 15.8. The van der Waals surface area contributed by atoms with Gasteiger partial charge in [0.25, 0.3) is 0 Å². The molecule has 0 aromatic heterocycles. The van der Waals surface area contributed by atoms with Crippen molar-refractivity contribution in [2.24, 2.45) is 5.41 Å². The van der Waals surface area contributed by atoms with Crippen molar-refractivity contribution < 1.29 is 38.2 Å². The predicted octanol–water partition coefficient (Wildman–Crippen LogP) is 3.65. The average Bonchev–Trinajstić information content (AvgIpc) is 2.88. The van der Waals surface area contributed by atoms with Crippen LogP contribution in [0.3, 0.4) is 0 Å². The number of esters is 2. The quantitative estimate of drug-likeness (QED) is 0.114. The summed E-state index contributed by atoms with van der Waals surface area (Å²) >= 11 is 0. The van der Waals surface area contributed by atoms with Gasteiger partial charge in [-0.05, 0) is 40.2 Å². The van der Waals surface area contributed by atoms with Crippen molar-refractivity contribution in [2.75, 3.05) is 24.7 Å². The van der Waals surface area contributed by atoms with Crippen LogP contribution in [0.2, 0.25) is 0 Å². The highest BCUT2D eigenvalue weighted by molar-refractivity contribution is 8.76. The Bertz CT molecular complexity index is 1040. The second-order valence-electron chi connectivity index (χ2n) is 11.3. The van der Waals surface area contributed by atoms with Gasteiger partial charge in [0.15, 0.2) is 0 Å². The van der Waals surface area contributed by atoms with Gasteiger partial charge >= 0.3 is 18.0 Å². The van der Waals surface area contributed by atoms with E-state index in [4.69, 9.17) is 14.2 Å². The largest absolute Gasteiger partial charge is 0.464 e. The SMILES string of the molecule is CCOC(=O)[C@H](CSSC[C@H](NC(=O)C(C)(C)C)C(=O)OCC)NC(=O)[C@@H](Cc1ccccc1)NC(=O)OC(C)(C)C. The fraction of sp³-hybridized carbons (Fsp3) is 0.621. The predicted molar refractivity (Wildman–Crippen MR) is 165 cm³/mol. The minimum absolute atomic E-state index is 0.0997. The number of carbonyl (C=O) groups is 5. The molecule has 0 saturated heterocycles. The first-order chi connectivity index (χ1) is 19.6. The number of alkyl carbamates (subject to hydrolysis) is 1. The molecule has 3 atom stereocenters. The van der Waals surface area contributed by atoms with Crippen molar-refractivity contribution in [1.29, 1.82) is 0 Å². The maximum Gasteiger partial charge on any atom is 0.408 e. The van der Waals surface area contributed by atoms with Crippen molar-refractivity contribution in [2.45, 2.75) is 85.5 Å². The smallest absolute Gasteiger partial charge is 0.408 e. The molecule has 13 heteroatoms. The Morgan fingerprint density at radius 3 is 1.69 bits per heavy atom. The first kappa shape index (κ1) is 37.1. The number of carbonyl (C=O) groups excluding carboxylic acids is 5. The van der Waals surface area contributed by atoms with Crippen molar-refractivity contribution in [3.05, 3.63) is 35.9 Å². The van der Waals surface area contributed by atoms with E-state index in [-0.39, 0.29) is 37.0 Å². The van der Waals surface area contributed by atoms with E-state index in [1.807, 2.05) is 30.3 Å². The van der Waals surface area contributed by atoms with Gasteiger partial charge in [-0.3, -0.25) is 9.59 Å². The summed E-state index contributed by atoms with van der Waals surface area (Å²) < 4.78 is 15.6. The van der Waals surface area contributed by atoms with Crippen LogP contribution in [-0.4, -0.2) is 78.3 Å². The molecule has 1 aromatic carbocycles. The fourth-order valence-electron chi connectivity index (χ4n) is 3.21. The van der Waals surface area contributed by atoms with Crippen LogP contribution in [0.15, 0.2) is 30.3 Å². The molecular weight excluding hydrogens is 582 g/mol. The molecule has 0 fully saturated rings. The molecular formula is C29H45N3O8S2. The molecule has 1 aromatic rings. The number of nitrogens with one attached hydrogen (secondary N) is 3. The Labute approximate surface area is 256 Å². The van der Waals surface area contributed by atoms with E-state index >= 15 is 0 Å². The normalized spacial score (nSPS) is 13.6. The lowest BCUT2D eigenvalue weighted by Gasteiger charge is -2.25. The summed E-state index contributed by atoms with van der Waals surface area (Å²) in [7, 11) is 2.46. The van der Waals surface area contributed by atoms with Crippen LogP contribution >= 0.6 is 21.6 Å². The third-order valence-electron chi connectivity index (χ3n) is 5.29. The zero-order valence-corrected chi connectivity index (χ0v) is 27.4. The maximum atomic E-state index is 13.4. The Morgan fingerprint density at radius 2 is 1.24 bits per heavy atom. The molecule has 0 saturated carbocycles. The van der Waals surface area contributed by atoms with Gasteiger partial charge in [0.1, 0.15) is 23.7 Å². The summed E-state index contributed by atoms with van der Waals surface area (Å²) in [6, 6.07) is 6.16. The molecule has 3 N–H and O–H groups in total. The number of rotatable bonds is 15. The van der Waals surface area contributed by atoms with Crippen LogP contribution < -0.4 is 16.0 Å². The van der Waals surface area contributed by atoms with Gasteiger partial charge < -0.3 is 30.2 Å². The highest BCUT2D eigenvalue weighted by atomic mass is 33.1. The van der Waals surface area contributed by atoms with E-state index in [1.54, 1.807) is 55.4 Å². The molecule has 0 unspecified atom stereocenters. The fourth-order valence-corrected chi connectivity index (χ4v) is 5.51. The van der Waals surface area contributed by atoms with Crippen LogP contribution in [-0.2, 0) is 39.8 Å². The number of benzene rings is 1. The molecule has 0 bridgehead atoms. The summed E-state index contributed by atoms with van der Waals surface area (Å²) in [5.41, 5.74) is -0.674. The number of ether oxygens (including phenoxy) is 3. The van der Waals surface area contributed by atoms with Crippen LogP contribution in [0.5, 0.6) is 0 Å². The topological polar surface area (TPSA) is 149 Å². The molecule has 11 nitrogen and oxygen atoms in total. The molecule has 42 heavy (non-hydrogen) atoms. The lowest BCUT2D eigenvalue weighted by atomic mass is 9.95. The van der Waals surface area contributed by atoms with Gasteiger partial charge in [-0.15, -0.1) is 0 Å². The van der Waals surface area contributed by atoms with E-state index < -0.39 is 53.1 Å². The van der Waals surface area contributed by atoms with E-state index in [0.29, 0.717) is 0 Å². The molecule has 0 spiro atoms. The molecule has 3 amide bonds. The van der Waals surface area contributed by atoms with Crippen molar-refractivity contribution in [3.63, 3.8) is 0 Å². The van der Waals surface area contributed by atoms with Gasteiger partial charge in [-0.2, -0.15) is 0 Å². The van der Waals surface area contributed by atoms with Crippen molar-refractivity contribution >= 4 is 51.4 Å². The van der Waals surface area contributed by atoms with E-state index in [9.17, 15) is 24.0 Å². The van der Waals surface area contributed by atoms with E-state index in [0.717, 1.165) is 5.56 Å². The molecule has 0 aliphatic heterocycles. The lowest BCUT2D eigenvalue weighted by molar-refractivity contribution is -0.147. The molecule has 236 valence electrons. The summed E-state index contributed by atoms with van der Waals surface area (Å²) in [5, 5.41) is 8.02. The molecule has 0 aliphatic carbocycles. The highest BCUT2D eigenvalue weighted by Crippen LogP contribution is 2.24. The maximum absolute atomic E-state index is 13.4. The first-order valence-corrected chi connectivity index (χ1v) is 16.3. The zero-order valence-electron chi connectivity index (χ0n) is 25.7. The molecule has 0 aliphatic rings. The van der Waals surface area contributed by atoms with Crippen LogP contribution in [0.25, 0.3) is 0 Å². The zero-order chi connectivity index (χ0) is 31.9.